The number of hydrogen-bond acceptors (Lipinski definition) is 8. The van der Waals surface area contributed by atoms with E-state index in [2.05, 4.69) is 25.5 Å². The average Bonchev–Trinajstić information content (AvgIpc) is 2.77. The fraction of sp³-hybridized carbons (Fsp3) is 0.333. The molecule has 0 saturated heterocycles. The molecule has 17 heavy (non-hydrogen) atoms. The van der Waals surface area contributed by atoms with Gasteiger partial charge in [-0.25, -0.2) is 4.98 Å². The van der Waals surface area contributed by atoms with Crippen molar-refractivity contribution in [3.63, 3.8) is 0 Å². The van der Waals surface area contributed by atoms with Crippen LogP contribution in [0.2, 0.25) is 0 Å². The van der Waals surface area contributed by atoms with Crippen LogP contribution in [0.3, 0.4) is 0 Å². The summed E-state index contributed by atoms with van der Waals surface area (Å²) >= 11 is 2.84. The second-order valence-electron chi connectivity index (χ2n) is 2.89. The molecule has 0 amide bonds. The highest BCUT2D eigenvalue weighted by molar-refractivity contribution is 8.00. The van der Waals surface area contributed by atoms with Gasteiger partial charge in [0.15, 0.2) is 9.50 Å². The third-order valence-electron chi connectivity index (χ3n) is 1.73. The summed E-state index contributed by atoms with van der Waals surface area (Å²) in [7, 11) is 1.57. The fourth-order valence-corrected chi connectivity index (χ4v) is 2.70. The molecular formula is C9H11N5OS2. The summed E-state index contributed by atoms with van der Waals surface area (Å²) in [5.41, 5.74) is 0. The lowest BCUT2D eigenvalue weighted by Gasteiger charge is -1.99. The number of ether oxygens (including phenoxy) is 1. The molecule has 0 bridgehead atoms. The van der Waals surface area contributed by atoms with E-state index in [1.165, 1.54) is 23.1 Å². The van der Waals surface area contributed by atoms with Crippen LogP contribution in [0.5, 0.6) is 5.88 Å². The van der Waals surface area contributed by atoms with Crippen molar-refractivity contribution in [1.29, 1.82) is 0 Å². The Kier molecular flexibility index (Phi) is 4.10. The van der Waals surface area contributed by atoms with Gasteiger partial charge in [-0.1, -0.05) is 11.3 Å². The Morgan fingerprint density at radius 2 is 2.35 bits per heavy atom. The van der Waals surface area contributed by atoms with Gasteiger partial charge < -0.3 is 10.1 Å². The number of hydrogen-bond donors (Lipinski definition) is 1. The summed E-state index contributed by atoms with van der Waals surface area (Å²) in [6.45, 7) is 2.84. The lowest BCUT2D eigenvalue weighted by atomic mass is 10.6. The van der Waals surface area contributed by atoms with E-state index in [0.717, 1.165) is 16.0 Å². The number of nitrogens with one attached hydrogen (secondary N) is 1. The van der Waals surface area contributed by atoms with Gasteiger partial charge in [0.25, 0.3) is 0 Å². The fourth-order valence-electron chi connectivity index (χ4n) is 1.04. The van der Waals surface area contributed by atoms with Crippen molar-refractivity contribution >= 4 is 28.2 Å². The van der Waals surface area contributed by atoms with Crippen LogP contribution in [-0.4, -0.2) is 33.8 Å². The molecule has 1 N–H and O–H groups in total. The van der Waals surface area contributed by atoms with Gasteiger partial charge in [0, 0.05) is 18.8 Å². The van der Waals surface area contributed by atoms with E-state index in [0.29, 0.717) is 11.0 Å². The van der Waals surface area contributed by atoms with E-state index in [-0.39, 0.29) is 0 Å². The smallest absolute Gasteiger partial charge is 0.217 e. The lowest BCUT2D eigenvalue weighted by Crippen LogP contribution is -1.94. The van der Waals surface area contributed by atoms with E-state index >= 15 is 0 Å². The predicted octanol–water partition coefficient (Wildman–Crippen LogP) is 1.92. The predicted molar refractivity (Wildman–Crippen MR) is 66.8 cm³/mol. The quantitative estimate of drug-likeness (QED) is 0.831. The minimum Gasteiger partial charge on any atom is -0.481 e. The second kappa shape index (κ2) is 5.78. The monoisotopic (exact) mass is 269 g/mol. The molecule has 8 heteroatoms. The zero-order valence-electron chi connectivity index (χ0n) is 9.38. The normalized spacial score (nSPS) is 10.2. The highest BCUT2D eigenvalue weighted by Gasteiger charge is 2.08. The number of nitrogens with zero attached hydrogens (tertiary/aromatic N) is 4. The highest BCUT2D eigenvalue weighted by atomic mass is 32.2. The first kappa shape index (κ1) is 12.1. The van der Waals surface area contributed by atoms with Crippen molar-refractivity contribution < 1.29 is 4.74 Å². The topological polar surface area (TPSA) is 72.8 Å². The number of anilines is 1. The maximum Gasteiger partial charge on any atom is 0.217 e. The first-order chi connectivity index (χ1) is 8.31. The first-order valence-electron chi connectivity index (χ1n) is 4.94. The standard InChI is InChI=1S/C9H11N5OS2/c1-3-10-8-13-14-9(17-8)16-7-11-5-4-6(12-7)15-2/h4-5H,3H2,1-2H3,(H,10,13). The van der Waals surface area contributed by atoms with Crippen LogP contribution in [0.25, 0.3) is 0 Å². The molecular weight excluding hydrogens is 258 g/mol. The molecule has 2 aromatic heterocycles. The van der Waals surface area contributed by atoms with Crippen LogP contribution in [0.15, 0.2) is 21.8 Å². The maximum atomic E-state index is 5.03. The van der Waals surface area contributed by atoms with Crippen LogP contribution in [0.4, 0.5) is 5.13 Å². The average molecular weight is 269 g/mol. The van der Waals surface area contributed by atoms with Gasteiger partial charge in [-0.15, -0.1) is 10.2 Å². The Labute approximate surface area is 107 Å². The highest BCUT2D eigenvalue weighted by Crippen LogP contribution is 2.30. The summed E-state index contributed by atoms with van der Waals surface area (Å²) in [4.78, 5) is 8.32. The molecule has 0 atom stereocenters. The molecule has 2 rings (SSSR count). The van der Waals surface area contributed by atoms with Crippen molar-refractivity contribution in [3.05, 3.63) is 12.3 Å². The first-order valence-corrected chi connectivity index (χ1v) is 6.57. The van der Waals surface area contributed by atoms with Crippen molar-refractivity contribution in [2.45, 2.75) is 16.4 Å². The Morgan fingerprint density at radius 3 is 3.12 bits per heavy atom. The molecule has 2 heterocycles. The molecule has 0 aliphatic heterocycles. The summed E-state index contributed by atoms with van der Waals surface area (Å²) in [6.07, 6.45) is 1.65. The Morgan fingerprint density at radius 1 is 1.47 bits per heavy atom. The zero-order valence-corrected chi connectivity index (χ0v) is 11.0. The molecule has 0 aromatic carbocycles. The third kappa shape index (κ3) is 3.27. The molecule has 0 saturated carbocycles. The van der Waals surface area contributed by atoms with Gasteiger partial charge in [0.1, 0.15) is 0 Å². The van der Waals surface area contributed by atoms with Gasteiger partial charge in [0.05, 0.1) is 7.11 Å². The van der Waals surface area contributed by atoms with E-state index in [1.807, 2.05) is 6.92 Å². The lowest BCUT2D eigenvalue weighted by molar-refractivity contribution is 0.392. The Balaban J connectivity index is 2.08. The van der Waals surface area contributed by atoms with E-state index in [9.17, 15) is 0 Å². The Bertz CT molecular complexity index is 490. The molecule has 0 fully saturated rings. The summed E-state index contributed by atoms with van der Waals surface area (Å²) in [5, 5.41) is 12.5. The van der Waals surface area contributed by atoms with Gasteiger partial charge in [0.2, 0.25) is 11.0 Å². The molecule has 0 aliphatic rings. The van der Waals surface area contributed by atoms with Gasteiger partial charge in [-0.2, -0.15) is 4.98 Å². The minimum absolute atomic E-state index is 0.541. The van der Waals surface area contributed by atoms with E-state index in [1.54, 1.807) is 19.4 Å². The van der Waals surface area contributed by atoms with Gasteiger partial charge >= 0.3 is 0 Å². The molecule has 0 unspecified atom stereocenters. The summed E-state index contributed by atoms with van der Waals surface area (Å²) in [5.74, 6) is 0.541. The minimum atomic E-state index is 0.541. The molecule has 0 spiro atoms. The van der Waals surface area contributed by atoms with Crippen LogP contribution in [-0.2, 0) is 0 Å². The van der Waals surface area contributed by atoms with Gasteiger partial charge in [-0.3, -0.25) is 0 Å². The van der Waals surface area contributed by atoms with Crippen LogP contribution < -0.4 is 10.1 Å². The van der Waals surface area contributed by atoms with Crippen LogP contribution >= 0.6 is 23.1 Å². The number of rotatable bonds is 5. The van der Waals surface area contributed by atoms with Crippen molar-refractivity contribution in [2.24, 2.45) is 0 Å². The molecule has 2 aromatic rings. The van der Waals surface area contributed by atoms with E-state index < -0.39 is 0 Å². The number of aromatic nitrogens is 4. The van der Waals surface area contributed by atoms with Crippen molar-refractivity contribution in [1.82, 2.24) is 20.2 Å². The van der Waals surface area contributed by atoms with Crippen molar-refractivity contribution in [3.8, 4) is 5.88 Å². The molecule has 6 nitrogen and oxygen atoms in total. The van der Waals surface area contributed by atoms with Crippen LogP contribution in [0.1, 0.15) is 6.92 Å². The summed E-state index contributed by atoms with van der Waals surface area (Å²) < 4.78 is 5.83. The molecule has 0 radical (unpaired) electrons. The Hall–Kier alpha value is -1.41. The van der Waals surface area contributed by atoms with Crippen molar-refractivity contribution in [2.75, 3.05) is 19.0 Å². The van der Waals surface area contributed by atoms with Gasteiger partial charge in [-0.05, 0) is 18.7 Å². The molecule has 0 aliphatic carbocycles. The SMILES string of the molecule is CCNc1nnc(Sc2nccc(OC)n2)s1. The maximum absolute atomic E-state index is 5.03. The largest absolute Gasteiger partial charge is 0.481 e. The third-order valence-corrected chi connectivity index (χ3v) is 3.54. The summed E-state index contributed by atoms with van der Waals surface area (Å²) in [6, 6.07) is 1.70. The van der Waals surface area contributed by atoms with Crippen LogP contribution in [0, 0.1) is 0 Å². The zero-order chi connectivity index (χ0) is 12.1. The van der Waals surface area contributed by atoms with E-state index in [4.69, 9.17) is 4.74 Å². The number of methoxy groups -OCH3 is 1. The second-order valence-corrected chi connectivity index (χ2v) is 5.08. The molecule has 90 valence electrons.